The van der Waals surface area contributed by atoms with Crippen molar-refractivity contribution in [3.05, 3.63) is 29.8 Å². The molecule has 1 aliphatic rings. The monoisotopic (exact) mass is 361 g/mol. The zero-order chi connectivity index (χ0) is 17.8. The maximum Gasteiger partial charge on any atom is 0.416 e. The molecule has 0 spiro atoms. The van der Waals surface area contributed by atoms with Gasteiger partial charge in [-0.25, -0.2) is 8.42 Å². The largest absolute Gasteiger partial charge is 0.416 e. The van der Waals surface area contributed by atoms with Crippen molar-refractivity contribution in [1.29, 1.82) is 0 Å². The van der Waals surface area contributed by atoms with Crippen LogP contribution in [0.15, 0.2) is 29.2 Å². The van der Waals surface area contributed by atoms with E-state index in [1.165, 1.54) is 10.4 Å². The van der Waals surface area contributed by atoms with Gasteiger partial charge in [0.2, 0.25) is 10.0 Å². The minimum Gasteiger partial charge on any atom is -0.369 e. The molecule has 2 rings (SSSR count). The molecular weight excluding hydrogens is 343 g/mol. The summed E-state index contributed by atoms with van der Waals surface area (Å²) in [6, 6.07) is 3.83. The van der Waals surface area contributed by atoms with E-state index in [9.17, 15) is 21.6 Å². The number of ether oxygens (including phenoxy) is 1. The maximum absolute atomic E-state index is 12.8. The van der Waals surface area contributed by atoms with E-state index < -0.39 is 21.8 Å². The van der Waals surface area contributed by atoms with Crippen LogP contribution < -0.4 is 0 Å². The highest BCUT2D eigenvalue weighted by Crippen LogP contribution is 2.32. The predicted octanol–water partition coefficient (Wildman–Crippen LogP) is 2.76. The molecule has 1 fully saturated rings. The molecule has 0 atom stereocenters. The number of halogens is 3. The number of nitrogens with zero attached hydrogens (tertiary/aromatic N) is 1. The number of hydrogen-bond donors (Lipinski definition) is 0. The van der Waals surface area contributed by atoms with Gasteiger partial charge < -0.3 is 4.74 Å². The van der Waals surface area contributed by atoms with Crippen molar-refractivity contribution in [2.45, 2.75) is 23.9 Å². The number of terminal acetylenes is 1. The van der Waals surface area contributed by atoms with Gasteiger partial charge in [0, 0.05) is 13.1 Å². The fraction of sp³-hybridized carbons (Fsp3) is 0.500. The predicted molar refractivity (Wildman–Crippen MR) is 82.6 cm³/mol. The van der Waals surface area contributed by atoms with Crippen molar-refractivity contribution in [3.63, 3.8) is 0 Å². The molecular formula is C16H18F3NO3S. The molecule has 1 aromatic rings. The van der Waals surface area contributed by atoms with Crippen molar-refractivity contribution in [1.82, 2.24) is 4.31 Å². The Morgan fingerprint density at radius 3 is 2.54 bits per heavy atom. The molecule has 0 radical (unpaired) electrons. The van der Waals surface area contributed by atoms with E-state index >= 15 is 0 Å². The van der Waals surface area contributed by atoms with E-state index in [2.05, 4.69) is 5.92 Å². The van der Waals surface area contributed by atoms with E-state index in [4.69, 9.17) is 11.2 Å². The first-order valence-electron chi connectivity index (χ1n) is 7.44. The van der Waals surface area contributed by atoms with Gasteiger partial charge in [-0.15, -0.1) is 6.42 Å². The third kappa shape index (κ3) is 4.50. The van der Waals surface area contributed by atoms with Crippen LogP contribution in [0.5, 0.6) is 0 Å². The van der Waals surface area contributed by atoms with Crippen molar-refractivity contribution >= 4 is 10.0 Å². The Bertz CT molecular complexity index is 702. The van der Waals surface area contributed by atoms with Gasteiger partial charge in [-0.2, -0.15) is 17.5 Å². The quantitative estimate of drug-likeness (QED) is 0.598. The second-order valence-electron chi connectivity index (χ2n) is 5.59. The molecule has 24 heavy (non-hydrogen) atoms. The van der Waals surface area contributed by atoms with Crippen LogP contribution >= 0.6 is 0 Å². The molecule has 1 aliphatic heterocycles. The average Bonchev–Trinajstić information content (AvgIpc) is 2.55. The molecule has 0 N–H and O–H groups in total. The summed E-state index contributed by atoms with van der Waals surface area (Å²) in [5.74, 6) is 2.56. The molecule has 8 heteroatoms. The molecule has 0 aliphatic carbocycles. The third-order valence-corrected chi connectivity index (χ3v) is 5.81. The first-order valence-corrected chi connectivity index (χ1v) is 8.88. The smallest absolute Gasteiger partial charge is 0.369 e. The van der Waals surface area contributed by atoms with Crippen molar-refractivity contribution in [2.75, 3.05) is 26.3 Å². The molecule has 132 valence electrons. The summed E-state index contributed by atoms with van der Waals surface area (Å²) in [5, 5.41) is 0. The highest BCUT2D eigenvalue weighted by atomic mass is 32.2. The van der Waals surface area contributed by atoms with Crippen LogP contribution in [0.3, 0.4) is 0 Å². The van der Waals surface area contributed by atoms with Crippen molar-refractivity contribution < 1.29 is 26.3 Å². The highest BCUT2D eigenvalue weighted by Gasteiger charge is 2.34. The van der Waals surface area contributed by atoms with Gasteiger partial charge in [0.05, 0.1) is 17.1 Å². The van der Waals surface area contributed by atoms with E-state index in [1.807, 2.05) is 0 Å². The van der Waals surface area contributed by atoms with E-state index in [0.29, 0.717) is 25.5 Å². The minimum absolute atomic E-state index is 0.200. The number of alkyl halides is 3. The zero-order valence-electron chi connectivity index (χ0n) is 12.9. The molecule has 1 aromatic carbocycles. The third-order valence-electron chi connectivity index (χ3n) is 3.91. The van der Waals surface area contributed by atoms with Crippen LogP contribution in [0, 0.1) is 18.3 Å². The van der Waals surface area contributed by atoms with Crippen LogP contribution in [0.1, 0.15) is 18.4 Å². The fourth-order valence-corrected chi connectivity index (χ4v) is 4.10. The van der Waals surface area contributed by atoms with Gasteiger partial charge in [0.25, 0.3) is 0 Å². The molecule has 1 heterocycles. The number of sulfonamides is 1. The lowest BCUT2D eigenvalue weighted by Crippen LogP contribution is -2.39. The van der Waals surface area contributed by atoms with Gasteiger partial charge in [-0.05, 0) is 37.0 Å². The molecule has 4 nitrogen and oxygen atoms in total. The summed E-state index contributed by atoms with van der Waals surface area (Å²) < 4.78 is 69.8. The molecule has 1 saturated heterocycles. The van der Waals surface area contributed by atoms with Crippen LogP contribution in [-0.4, -0.2) is 39.0 Å². The Kier molecular flexibility index (Phi) is 5.91. The number of piperidine rings is 1. The van der Waals surface area contributed by atoms with Gasteiger partial charge >= 0.3 is 6.18 Å². The second kappa shape index (κ2) is 7.55. The molecule has 0 aromatic heterocycles. The van der Waals surface area contributed by atoms with Crippen LogP contribution in [-0.2, 0) is 20.9 Å². The lowest BCUT2D eigenvalue weighted by atomic mass is 9.99. The lowest BCUT2D eigenvalue weighted by molar-refractivity contribution is -0.137. The van der Waals surface area contributed by atoms with Crippen molar-refractivity contribution in [2.24, 2.45) is 5.92 Å². The average molecular weight is 361 g/mol. The number of hydrogen-bond acceptors (Lipinski definition) is 3. The summed E-state index contributed by atoms with van der Waals surface area (Å²) in [6.45, 7) is 1.18. The standard InChI is InChI=1S/C16H18F3NO3S/c1-2-10-23-12-13-6-8-20(9-7-13)24(21,22)15-5-3-4-14(11-15)16(17,18)19/h1,3-5,11,13H,6-10,12H2. The first-order chi connectivity index (χ1) is 11.2. The van der Waals surface area contributed by atoms with Crippen LogP contribution in [0.4, 0.5) is 13.2 Å². The first kappa shape index (κ1) is 18.8. The van der Waals surface area contributed by atoms with Gasteiger partial charge in [0.1, 0.15) is 6.61 Å². The lowest BCUT2D eigenvalue weighted by Gasteiger charge is -2.31. The Hall–Kier alpha value is -1.56. The van der Waals surface area contributed by atoms with Gasteiger partial charge in [0.15, 0.2) is 0 Å². The molecule has 0 amide bonds. The second-order valence-corrected chi connectivity index (χ2v) is 7.53. The normalized spacial score (nSPS) is 17.6. The Balaban J connectivity index is 2.06. The number of rotatable bonds is 5. The Labute approximate surface area is 139 Å². The SMILES string of the molecule is C#CCOCC1CCN(S(=O)(=O)c2cccc(C(F)(F)F)c2)CC1. The fourth-order valence-electron chi connectivity index (χ4n) is 2.58. The van der Waals surface area contributed by atoms with Gasteiger partial charge in [-0.3, -0.25) is 0 Å². The minimum atomic E-state index is -4.58. The molecule has 0 bridgehead atoms. The van der Waals surface area contributed by atoms with Crippen molar-refractivity contribution in [3.8, 4) is 12.3 Å². The van der Waals surface area contributed by atoms with Gasteiger partial charge in [-0.1, -0.05) is 12.0 Å². The van der Waals surface area contributed by atoms with E-state index in [1.54, 1.807) is 0 Å². The summed E-state index contributed by atoms with van der Waals surface area (Å²) in [4.78, 5) is -0.334. The molecule has 0 saturated carbocycles. The highest BCUT2D eigenvalue weighted by molar-refractivity contribution is 7.89. The number of benzene rings is 1. The van der Waals surface area contributed by atoms with E-state index in [-0.39, 0.29) is 30.5 Å². The Morgan fingerprint density at radius 2 is 1.96 bits per heavy atom. The Morgan fingerprint density at radius 1 is 1.29 bits per heavy atom. The van der Waals surface area contributed by atoms with Crippen LogP contribution in [0.2, 0.25) is 0 Å². The summed E-state index contributed by atoms with van der Waals surface area (Å²) >= 11 is 0. The summed E-state index contributed by atoms with van der Waals surface area (Å²) in [7, 11) is -3.93. The van der Waals surface area contributed by atoms with E-state index in [0.717, 1.165) is 12.1 Å². The summed E-state index contributed by atoms with van der Waals surface area (Å²) in [5.41, 5.74) is -0.971. The summed E-state index contributed by atoms with van der Waals surface area (Å²) in [6.07, 6.45) is 1.68. The maximum atomic E-state index is 12.8. The van der Waals surface area contributed by atoms with Crippen LogP contribution in [0.25, 0.3) is 0 Å². The molecule has 0 unspecified atom stereocenters. The topological polar surface area (TPSA) is 46.6 Å². The zero-order valence-corrected chi connectivity index (χ0v) is 13.7.